The highest BCUT2D eigenvalue weighted by Gasteiger charge is 2.59. The summed E-state index contributed by atoms with van der Waals surface area (Å²) in [7, 11) is 0. The summed E-state index contributed by atoms with van der Waals surface area (Å²) in [5.41, 5.74) is 0.826. The highest BCUT2D eigenvalue weighted by Crippen LogP contribution is 2.65. The van der Waals surface area contributed by atoms with Gasteiger partial charge in [0.25, 0.3) is 0 Å². The molecular formula is C25H40N2O2. The van der Waals surface area contributed by atoms with Gasteiger partial charge in [0.2, 0.25) is 5.91 Å². The van der Waals surface area contributed by atoms with Gasteiger partial charge in [0.15, 0.2) is 0 Å². The first kappa shape index (κ1) is 20.1. The molecule has 4 nitrogen and oxygen atoms in total. The second kappa shape index (κ2) is 7.67. The molecule has 4 aliphatic carbocycles. The minimum atomic E-state index is 0.231. The highest BCUT2D eigenvalue weighted by molar-refractivity contribution is 5.78. The van der Waals surface area contributed by atoms with Crippen LogP contribution in [0.2, 0.25) is 0 Å². The third kappa shape index (κ3) is 3.39. The lowest BCUT2D eigenvalue weighted by Crippen LogP contribution is -2.56. The summed E-state index contributed by atoms with van der Waals surface area (Å²) in [5.74, 6) is 3.71. The smallest absolute Gasteiger partial charge is 0.234 e. The first-order valence-corrected chi connectivity index (χ1v) is 12.3. The summed E-state index contributed by atoms with van der Waals surface area (Å²) in [6.45, 7) is 8.95. The molecule has 1 N–H and O–H groups in total. The third-order valence-corrected chi connectivity index (χ3v) is 10.0. The fourth-order valence-electron chi connectivity index (χ4n) is 8.28. The zero-order chi connectivity index (χ0) is 20.1. The van der Waals surface area contributed by atoms with E-state index in [2.05, 4.69) is 36.2 Å². The Labute approximate surface area is 176 Å². The van der Waals surface area contributed by atoms with Crippen LogP contribution in [-0.4, -0.2) is 49.7 Å². The Morgan fingerprint density at radius 2 is 1.83 bits per heavy atom. The minimum absolute atomic E-state index is 0.231. The van der Waals surface area contributed by atoms with E-state index in [0.717, 1.165) is 50.0 Å². The average Bonchev–Trinajstić information content (AvgIpc) is 3.04. The van der Waals surface area contributed by atoms with E-state index >= 15 is 0 Å². The van der Waals surface area contributed by atoms with Crippen molar-refractivity contribution >= 4 is 5.91 Å². The highest BCUT2D eigenvalue weighted by atomic mass is 16.5. The predicted molar refractivity (Wildman–Crippen MR) is 115 cm³/mol. The molecule has 29 heavy (non-hydrogen) atoms. The molecule has 0 bridgehead atoms. The fraction of sp³-hybridized carbons (Fsp3) is 0.880. The maximum absolute atomic E-state index is 12.8. The first-order valence-electron chi connectivity index (χ1n) is 12.3. The molecule has 5 rings (SSSR count). The number of carbonyl (C=O) groups is 1. The normalized spacial score (nSPS) is 47.2. The molecule has 3 saturated carbocycles. The standard InChI is InChI=1S/C25H40N2O2/c1-24-11-4-3-5-18(24)6-7-19-20-8-9-22(25(20,2)12-10-21(19)24)26-23(28)17-27-13-15-29-16-14-27/h3-4,18-22H,5-17H2,1-2H3,(H,26,28)/t18-,19+,20+,21+,22+,24+,25+/m1/s1. The molecule has 1 amide bonds. The number of amides is 1. The summed E-state index contributed by atoms with van der Waals surface area (Å²) in [6.07, 6.45) is 15.5. The van der Waals surface area contributed by atoms with E-state index in [4.69, 9.17) is 4.74 Å². The maximum Gasteiger partial charge on any atom is 0.234 e. The van der Waals surface area contributed by atoms with Gasteiger partial charge in [-0.15, -0.1) is 0 Å². The second-order valence-corrected chi connectivity index (χ2v) is 11.2. The Morgan fingerprint density at radius 3 is 2.66 bits per heavy atom. The number of hydrogen-bond donors (Lipinski definition) is 1. The van der Waals surface area contributed by atoms with Crippen molar-refractivity contribution in [2.45, 2.75) is 71.3 Å². The molecular weight excluding hydrogens is 360 g/mol. The molecule has 1 saturated heterocycles. The number of ether oxygens (including phenoxy) is 1. The van der Waals surface area contributed by atoms with Crippen LogP contribution in [-0.2, 0) is 9.53 Å². The third-order valence-electron chi connectivity index (χ3n) is 10.0. The van der Waals surface area contributed by atoms with Crippen molar-refractivity contribution in [3.8, 4) is 0 Å². The van der Waals surface area contributed by atoms with Crippen LogP contribution < -0.4 is 5.32 Å². The van der Waals surface area contributed by atoms with Gasteiger partial charge in [-0.3, -0.25) is 9.69 Å². The number of rotatable bonds is 3. The SMILES string of the molecule is C[C@]12CC=CC[C@@H]1CC[C@@H]1[C@@H]2CC[C@]2(C)[C@@H](NC(=O)CN3CCOCC3)CC[C@@H]12. The van der Waals surface area contributed by atoms with Crippen molar-refractivity contribution in [2.75, 3.05) is 32.8 Å². The fourth-order valence-corrected chi connectivity index (χ4v) is 8.28. The lowest BCUT2D eigenvalue weighted by atomic mass is 9.46. The van der Waals surface area contributed by atoms with Crippen molar-refractivity contribution in [2.24, 2.45) is 34.5 Å². The number of nitrogens with one attached hydrogen (secondary N) is 1. The van der Waals surface area contributed by atoms with Crippen molar-refractivity contribution in [3.05, 3.63) is 12.2 Å². The van der Waals surface area contributed by atoms with Gasteiger partial charge in [0.1, 0.15) is 0 Å². The van der Waals surface area contributed by atoms with Gasteiger partial charge in [0, 0.05) is 19.1 Å². The molecule has 1 aliphatic heterocycles. The number of allylic oxidation sites excluding steroid dienone is 2. The molecule has 4 fully saturated rings. The Kier molecular flexibility index (Phi) is 5.31. The van der Waals surface area contributed by atoms with E-state index in [-0.39, 0.29) is 5.91 Å². The quantitative estimate of drug-likeness (QED) is 0.728. The van der Waals surface area contributed by atoms with Crippen molar-refractivity contribution in [1.29, 1.82) is 0 Å². The van der Waals surface area contributed by atoms with E-state index < -0.39 is 0 Å². The van der Waals surface area contributed by atoms with E-state index in [1.165, 1.54) is 51.4 Å². The largest absolute Gasteiger partial charge is 0.379 e. The minimum Gasteiger partial charge on any atom is -0.379 e. The Balaban J connectivity index is 1.26. The van der Waals surface area contributed by atoms with Crippen LogP contribution in [0.5, 0.6) is 0 Å². The number of fused-ring (bicyclic) bond motifs is 5. The van der Waals surface area contributed by atoms with Gasteiger partial charge < -0.3 is 10.1 Å². The predicted octanol–water partition coefficient (Wildman–Crippen LogP) is 4.01. The molecule has 5 aliphatic rings. The summed E-state index contributed by atoms with van der Waals surface area (Å²) in [5, 5.41) is 3.49. The monoisotopic (exact) mass is 400 g/mol. The Morgan fingerprint density at radius 1 is 1.03 bits per heavy atom. The topological polar surface area (TPSA) is 41.6 Å². The zero-order valence-electron chi connectivity index (χ0n) is 18.5. The van der Waals surface area contributed by atoms with E-state index in [1.807, 2.05) is 0 Å². The van der Waals surface area contributed by atoms with Gasteiger partial charge >= 0.3 is 0 Å². The summed E-state index contributed by atoms with van der Waals surface area (Å²) < 4.78 is 5.42. The number of carbonyl (C=O) groups excluding carboxylic acids is 1. The molecule has 1 heterocycles. The van der Waals surface area contributed by atoms with Crippen molar-refractivity contribution in [3.63, 3.8) is 0 Å². The first-order chi connectivity index (χ1) is 14.0. The lowest BCUT2D eigenvalue weighted by molar-refractivity contribution is -0.126. The number of nitrogens with zero attached hydrogens (tertiary/aromatic N) is 1. The Hall–Kier alpha value is -0.870. The summed E-state index contributed by atoms with van der Waals surface area (Å²) in [4.78, 5) is 15.0. The van der Waals surface area contributed by atoms with Crippen LogP contribution in [0.15, 0.2) is 12.2 Å². The van der Waals surface area contributed by atoms with Crippen LogP contribution in [0.1, 0.15) is 65.2 Å². The molecule has 0 aromatic heterocycles. The van der Waals surface area contributed by atoms with E-state index in [9.17, 15) is 4.79 Å². The maximum atomic E-state index is 12.8. The van der Waals surface area contributed by atoms with Crippen LogP contribution in [0, 0.1) is 34.5 Å². The molecule has 0 unspecified atom stereocenters. The van der Waals surface area contributed by atoms with Crippen LogP contribution in [0.25, 0.3) is 0 Å². The van der Waals surface area contributed by atoms with E-state index in [1.54, 1.807) is 0 Å². The molecule has 162 valence electrons. The summed E-state index contributed by atoms with van der Waals surface area (Å²) >= 11 is 0. The lowest BCUT2D eigenvalue weighted by Gasteiger charge is -2.59. The van der Waals surface area contributed by atoms with Gasteiger partial charge in [-0.1, -0.05) is 26.0 Å². The Bertz CT molecular complexity index is 657. The summed E-state index contributed by atoms with van der Waals surface area (Å²) in [6, 6.07) is 0.374. The van der Waals surface area contributed by atoms with Crippen molar-refractivity contribution < 1.29 is 9.53 Å². The molecule has 0 radical (unpaired) electrons. The van der Waals surface area contributed by atoms with Gasteiger partial charge in [-0.25, -0.2) is 0 Å². The molecule has 0 aromatic rings. The number of hydrogen-bond acceptors (Lipinski definition) is 3. The number of morpholine rings is 1. The van der Waals surface area contributed by atoms with Crippen LogP contribution in [0.4, 0.5) is 0 Å². The molecule has 0 spiro atoms. The van der Waals surface area contributed by atoms with Gasteiger partial charge in [-0.2, -0.15) is 0 Å². The van der Waals surface area contributed by atoms with E-state index in [0.29, 0.717) is 23.4 Å². The van der Waals surface area contributed by atoms with Crippen LogP contribution in [0.3, 0.4) is 0 Å². The van der Waals surface area contributed by atoms with Crippen LogP contribution >= 0.6 is 0 Å². The zero-order valence-corrected chi connectivity index (χ0v) is 18.5. The molecule has 7 atom stereocenters. The molecule has 0 aromatic carbocycles. The average molecular weight is 401 g/mol. The second-order valence-electron chi connectivity index (χ2n) is 11.2. The van der Waals surface area contributed by atoms with Gasteiger partial charge in [-0.05, 0) is 85.9 Å². The van der Waals surface area contributed by atoms with Crippen molar-refractivity contribution in [1.82, 2.24) is 10.2 Å². The molecule has 4 heteroatoms. The van der Waals surface area contributed by atoms with Gasteiger partial charge in [0.05, 0.1) is 19.8 Å².